The Bertz CT molecular complexity index is 436. The summed E-state index contributed by atoms with van der Waals surface area (Å²) in [5.41, 5.74) is 5.96. The molecule has 0 aromatic carbocycles. The van der Waals surface area contributed by atoms with E-state index in [1.165, 1.54) is 6.33 Å². The minimum absolute atomic E-state index is 0.00491. The summed E-state index contributed by atoms with van der Waals surface area (Å²) >= 11 is 0. The molecular weight excluding hydrogens is 260 g/mol. The average molecular weight is 282 g/mol. The number of aromatic nitrogens is 2. The summed E-state index contributed by atoms with van der Waals surface area (Å²) in [6.45, 7) is 3.79. The highest BCUT2D eigenvalue weighted by Gasteiger charge is 2.33. The summed E-state index contributed by atoms with van der Waals surface area (Å²) in [4.78, 5) is 8.19. The molecule has 0 aliphatic carbocycles. The van der Waals surface area contributed by atoms with Crippen LogP contribution >= 0.6 is 0 Å². The Morgan fingerprint density at radius 3 is 2.85 bits per heavy atom. The number of ether oxygens (including phenoxy) is 2. The second-order valence-electron chi connectivity index (χ2n) is 4.97. The largest absolute Gasteiger partial charge is 0.476 e. The number of rotatable bonds is 6. The molecule has 0 saturated carbocycles. The number of aliphatic hydroxyl groups excluding tert-OH is 1. The smallest absolute Gasteiger partial charge is 0.242 e. The number of nitrogens with two attached hydrogens (primary N) is 1. The molecule has 1 aromatic rings. The lowest BCUT2D eigenvalue weighted by molar-refractivity contribution is 0.0378. The second kappa shape index (κ2) is 6.71. The number of hydrogen-bond acceptors (Lipinski definition) is 7. The van der Waals surface area contributed by atoms with Crippen molar-refractivity contribution in [3.63, 3.8) is 0 Å². The van der Waals surface area contributed by atoms with Crippen LogP contribution in [-0.2, 0) is 4.74 Å². The van der Waals surface area contributed by atoms with Gasteiger partial charge in [0.25, 0.3) is 0 Å². The van der Waals surface area contributed by atoms with Crippen LogP contribution in [0.1, 0.15) is 26.2 Å². The van der Waals surface area contributed by atoms with Crippen LogP contribution in [0.15, 0.2) is 6.33 Å². The van der Waals surface area contributed by atoms with Crippen molar-refractivity contribution in [1.29, 1.82) is 0 Å². The molecule has 1 saturated heterocycles. The molecule has 1 aliphatic rings. The Hall–Kier alpha value is -1.60. The first kappa shape index (κ1) is 14.8. The zero-order chi connectivity index (χ0) is 14.4. The lowest BCUT2D eigenvalue weighted by Gasteiger charge is -2.37. The standard InChI is InChI=1S/C13H22N4O3/c1-2-5-20-12-10(14)11(15-9-16-12)17-13(8-18)3-6-19-7-4-13/h9,18H,2-8,14H2,1H3,(H,15,16,17). The number of hydrogen-bond donors (Lipinski definition) is 3. The van der Waals surface area contributed by atoms with Crippen LogP contribution in [-0.4, -0.2) is 47.0 Å². The maximum absolute atomic E-state index is 9.67. The molecule has 0 spiro atoms. The van der Waals surface area contributed by atoms with E-state index in [0.29, 0.717) is 50.0 Å². The molecule has 4 N–H and O–H groups in total. The third kappa shape index (κ3) is 3.29. The van der Waals surface area contributed by atoms with E-state index in [9.17, 15) is 5.11 Å². The molecule has 1 fully saturated rings. The van der Waals surface area contributed by atoms with Crippen molar-refractivity contribution in [2.75, 3.05) is 37.5 Å². The number of nitrogens with zero attached hydrogens (tertiary/aromatic N) is 2. The fraction of sp³-hybridized carbons (Fsp3) is 0.692. The summed E-state index contributed by atoms with van der Waals surface area (Å²) in [5, 5.41) is 12.9. The molecule has 20 heavy (non-hydrogen) atoms. The van der Waals surface area contributed by atoms with Gasteiger partial charge in [0.15, 0.2) is 5.82 Å². The molecule has 0 unspecified atom stereocenters. The van der Waals surface area contributed by atoms with Gasteiger partial charge in [-0.15, -0.1) is 0 Å². The molecule has 0 amide bonds. The van der Waals surface area contributed by atoms with Crippen LogP contribution in [0.3, 0.4) is 0 Å². The van der Waals surface area contributed by atoms with Crippen molar-refractivity contribution in [3.05, 3.63) is 6.33 Å². The van der Waals surface area contributed by atoms with Gasteiger partial charge in [-0.25, -0.2) is 4.98 Å². The molecule has 112 valence electrons. The fourth-order valence-electron chi connectivity index (χ4n) is 2.13. The predicted molar refractivity (Wildman–Crippen MR) is 75.7 cm³/mol. The summed E-state index contributed by atoms with van der Waals surface area (Å²) in [6.07, 6.45) is 3.70. The lowest BCUT2D eigenvalue weighted by atomic mass is 9.91. The highest BCUT2D eigenvalue weighted by molar-refractivity contribution is 5.67. The fourth-order valence-corrected chi connectivity index (χ4v) is 2.13. The Kier molecular flexibility index (Phi) is 4.97. The van der Waals surface area contributed by atoms with Gasteiger partial charge < -0.3 is 25.6 Å². The topological polar surface area (TPSA) is 103 Å². The van der Waals surface area contributed by atoms with Crippen LogP contribution in [0.4, 0.5) is 11.5 Å². The molecule has 2 heterocycles. The number of nitrogens with one attached hydrogen (secondary N) is 1. The van der Waals surface area contributed by atoms with Crippen LogP contribution in [0.2, 0.25) is 0 Å². The predicted octanol–water partition coefficient (Wildman–Crippen LogP) is 0.801. The van der Waals surface area contributed by atoms with Crippen LogP contribution in [0.5, 0.6) is 5.88 Å². The monoisotopic (exact) mass is 282 g/mol. The Balaban J connectivity index is 2.15. The Labute approximate surface area is 118 Å². The molecule has 1 aliphatic heterocycles. The Morgan fingerprint density at radius 1 is 1.45 bits per heavy atom. The van der Waals surface area contributed by atoms with Gasteiger partial charge in [0.1, 0.15) is 12.0 Å². The first-order chi connectivity index (χ1) is 9.71. The van der Waals surface area contributed by atoms with E-state index < -0.39 is 5.54 Å². The lowest BCUT2D eigenvalue weighted by Crippen LogP contribution is -2.47. The van der Waals surface area contributed by atoms with Crippen molar-refractivity contribution in [2.45, 2.75) is 31.7 Å². The van der Waals surface area contributed by atoms with E-state index in [4.69, 9.17) is 15.2 Å². The van der Waals surface area contributed by atoms with Crippen LogP contribution in [0, 0.1) is 0 Å². The number of aliphatic hydroxyl groups is 1. The Morgan fingerprint density at radius 2 is 2.20 bits per heavy atom. The number of anilines is 2. The summed E-state index contributed by atoms with van der Waals surface area (Å²) in [7, 11) is 0. The molecule has 1 aromatic heterocycles. The van der Waals surface area contributed by atoms with Crippen LogP contribution < -0.4 is 15.8 Å². The first-order valence-corrected chi connectivity index (χ1v) is 6.91. The van der Waals surface area contributed by atoms with Crippen molar-refractivity contribution in [3.8, 4) is 5.88 Å². The van der Waals surface area contributed by atoms with E-state index >= 15 is 0 Å². The van der Waals surface area contributed by atoms with Gasteiger partial charge in [0, 0.05) is 13.2 Å². The van der Waals surface area contributed by atoms with Gasteiger partial charge in [-0.3, -0.25) is 0 Å². The third-order valence-corrected chi connectivity index (χ3v) is 3.43. The summed E-state index contributed by atoms with van der Waals surface area (Å²) < 4.78 is 10.8. The van der Waals surface area contributed by atoms with Crippen molar-refractivity contribution >= 4 is 11.5 Å². The van der Waals surface area contributed by atoms with E-state index in [1.54, 1.807) is 0 Å². The minimum Gasteiger partial charge on any atom is -0.476 e. The van der Waals surface area contributed by atoms with Gasteiger partial charge in [0.2, 0.25) is 5.88 Å². The van der Waals surface area contributed by atoms with E-state index in [1.807, 2.05) is 6.92 Å². The van der Waals surface area contributed by atoms with Gasteiger partial charge in [0.05, 0.1) is 18.8 Å². The maximum atomic E-state index is 9.67. The molecule has 0 atom stereocenters. The zero-order valence-electron chi connectivity index (χ0n) is 11.8. The molecule has 2 rings (SSSR count). The highest BCUT2D eigenvalue weighted by atomic mass is 16.5. The summed E-state index contributed by atoms with van der Waals surface area (Å²) in [5.74, 6) is 0.881. The van der Waals surface area contributed by atoms with Crippen LogP contribution in [0.25, 0.3) is 0 Å². The minimum atomic E-state index is -0.442. The van der Waals surface area contributed by atoms with Crippen molar-refractivity contribution in [2.24, 2.45) is 0 Å². The third-order valence-electron chi connectivity index (χ3n) is 3.43. The zero-order valence-corrected chi connectivity index (χ0v) is 11.8. The quantitative estimate of drug-likeness (QED) is 0.709. The molecule has 0 radical (unpaired) electrons. The molecular formula is C13H22N4O3. The van der Waals surface area contributed by atoms with Gasteiger partial charge in [-0.05, 0) is 19.3 Å². The van der Waals surface area contributed by atoms with E-state index in [0.717, 1.165) is 6.42 Å². The van der Waals surface area contributed by atoms with Gasteiger partial charge >= 0.3 is 0 Å². The molecule has 7 heteroatoms. The second-order valence-corrected chi connectivity index (χ2v) is 4.97. The highest BCUT2D eigenvalue weighted by Crippen LogP contribution is 2.30. The SMILES string of the molecule is CCCOc1ncnc(NC2(CO)CCOCC2)c1N. The number of nitrogen functional groups attached to an aromatic ring is 1. The van der Waals surface area contributed by atoms with E-state index in [2.05, 4.69) is 15.3 Å². The first-order valence-electron chi connectivity index (χ1n) is 6.91. The normalized spacial score (nSPS) is 17.7. The van der Waals surface area contributed by atoms with Gasteiger partial charge in [-0.2, -0.15) is 4.98 Å². The van der Waals surface area contributed by atoms with Crippen molar-refractivity contribution in [1.82, 2.24) is 9.97 Å². The summed E-state index contributed by atoms with van der Waals surface area (Å²) in [6, 6.07) is 0. The maximum Gasteiger partial charge on any atom is 0.242 e. The van der Waals surface area contributed by atoms with Gasteiger partial charge in [-0.1, -0.05) is 6.92 Å². The van der Waals surface area contributed by atoms with E-state index in [-0.39, 0.29) is 6.61 Å². The molecule has 0 bridgehead atoms. The average Bonchev–Trinajstić information content (AvgIpc) is 2.49. The van der Waals surface area contributed by atoms with Crippen molar-refractivity contribution < 1.29 is 14.6 Å². The molecule has 7 nitrogen and oxygen atoms in total.